The van der Waals surface area contributed by atoms with Gasteiger partial charge in [-0.05, 0) is 49.4 Å². The number of amides is 3. The normalized spacial score (nSPS) is 13.1. The van der Waals surface area contributed by atoms with E-state index in [1.807, 2.05) is 18.2 Å². The number of hydrogen-bond acceptors (Lipinski definition) is 5. The van der Waals surface area contributed by atoms with Gasteiger partial charge in [0.25, 0.3) is 5.91 Å². The minimum Gasteiger partial charge on any atom is -0.482 e. The first kappa shape index (κ1) is 20.4. The summed E-state index contributed by atoms with van der Waals surface area (Å²) in [4.78, 5) is 36.5. The number of urea groups is 1. The molecule has 0 spiro atoms. The van der Waals surface area contributed by atoms with E-state index in [1.165, 1.54) is 11.1 Å². The predicted molar refractivity (Wildman–Crippen MR) is 106 cm³/mol. The van der Waals surface area contributed by atoms with Crippen molar-refractivity contribution in [3.63, 3.8) is 0 Å². The van der Waals surface area contributed by atoms with Crippen LogP contribution in [-0.2, 0) is 27.2 Å². The van der Waals surface area contributed by atoms with Crippen LogP contribution in [0, 0.1) is 0 Å². The molecule has 0 saturated heterocycles. The van der Waals surface area contributed by atoms with E-state index in [4.69, 9.17) is 9.47 Å². The van der Waals surface area contributed by atoms with Gasteiger partial charge in [0.2, 0.25) is 6.10 Å². The zero-order valence-corrected chi connectivity index (χ0v) is 16.3. The number of carbonyl (C=O) groups is 3. The minimum atomic E-state index is -1.25. The van der Waals surface area contributed by atoms with Gasteiger partial charge in [-0.1, -0.05) is 36.4 Å². The lowest BCUT2D eigenvalue weighted by atomic mass is 10.1. The van der Waals surface area contributed by atoms with Crippen molar-refractivity contribution in [1.29, 1.82) is 0 Å². The Morgan fingerprint density at radius 1 is 1.03 bits per heavy atom. The number of esters is 1. The quantitative estimate of drug-likeness (QED) is 0.702. The molecule has 29 heavy (non-hydrogen) atoms. The Morgan fingerprint density at radius 3 is 2.55 bits per heavy atom. The number of hydrogen-bond donors (Lipinski definition) is 2. The molecule has 0 heterocycles. The van der Waals surface area contributed by atoms with Crippen molar-refractivity contribution in [2.24, 2.45) is 0 Å². The van der Waals surface area contributed by atoms with Crippen molar-refractivity contribution in [1.82, 2.24) is 10.6 Å². The molecule has 2 N–H and O–H groups in total. The highest BCUT2D eigenvalue weighted by Gasteiger charge is 2.26. The average molecular weight is 396 g/mol. The summed E-state index contributed by atoms with van der Waals surface area (Å²) in [7, 11) is 0. The maximum atomic E-state index is 12.5. The van der Waals surface area contributed by atoms with Crippen LogP contribution >= 0.6 is 0 Å². The molecule has 0 aromatic heterocycles. The molecule has 0 saturated carbocycles. The molecule has 3 amide bonds. The van der Waals surface area contributed by atoms with E-state index in [9.17, 15) is 14.4 Å². The number of carbonyl (C=O) groups excluding carboxylic acids is 3. The third-order valence-corrected chi connectivity index (χ3v) is 4.59. The van der Waals surface area contributed by atoms with Gasteiger partial charge in [-0.15, -0.1) is 0 Å². The third-order valence-electron chi connectivity index (χ3n) is 4.59. The fourth-order valence-electron chi connectivity index (χ4n) is 3.23. The van der Waals surface area contributed by atoms with Crippen molar-refractivity contribution in [2.75, 3.05) is 13.2 Å². The second kappa shape index (κ2) is 9.73. The Hall–Kier alpha value is -3.35. The monoisotopic (exact) mass is 396 g/mol. The molecule has 2 aromatic rings. The van der Waals surface area contributed by atoms with Crippen LogP contribution in [0.2, 0.25) is 0 Å². The van der Waals surface area contributed by atoms with Gasteiger partial charge in [0, 0.05) is 12.1 Å². The van der Waals surface area contributed by atoms with Crippen LogP contribution in [0.1, 0.15) is 36.1 Å². The van der Waals surface area contributed by atoms with E-state index in [-0.39, 0.29) is 6.61 Å². The molecule has 1 aliphatic rings. The molecule has 0 fully saturated rings. The van der Waals surface area contributed by atoms with Gasteiger partial charge < -0.3 is 14.8 Å². The van der Waals surface area contributed by atoms with Gasteiger partial charge >= 0.3 is 12.0 Å². The van der Waals surface area contributed by atoms with Gasteiger partial charge in [0.05, 0.1) is 0 Å². The van der Waals surface area contributed by atoms with E-state index < -0.39 is 24.0 Å². The zero-order chi connectivity index (χ0) is 20.6. The highest BCUT2D eigenvalue weighted by Crippen LogP contribution is 2.26. The van der Waals surface area contributed by atoms with Crippen molar-refractivity contribution in [2.45, 2.75) is 32.3 Å². The zero-order valence-electron chi connectivity index (χ0n) is 16.3. The van der Waals surface area contributed by atoms with Crippen LogP contribution in [0.25, 0.3) is 0 Å². The smallest absolute Gasteiger partial charge is 0.345 e. The minimum absolute atomic E-state index is 0.337. The fourth-order valence-corrected chi connectivity index (χ4v) is 3.23. The maximum Gasteiger partial charge on any atom is 0.345 e. The topological polar surface area (TPSA) is 93.7 Å². The average Bonchev–Trinajstić information content (AvgIpc) is 3.19. The van der Waals surface area contributed by atoms with Crippen LogP contribution in [0.3, 0.4) is 0 Å². The number of nitrogens with one attached hydrogen (secondary N) is 2. The van der Waals surface area contributed by atoms with Crippen molar-refractivity contribution >= 4 is 17.9 Å². The first-order valence-electron chi connectivity index (χ1n) is 9.64. The second-order valence-corrected chi connectivity index (χ2v) is 6.70. The fraction of sp³-hybridized carbons (Fsp3) is 0.318. The lowest BCUT2D eigenvalue weighted by Gasteiger charge is -2.18. The molecule has 152 valence electrons. The summed E-state index contributed by atoms with van der Waals surface area (Å²) < 4.78 is 10.9. The van der Waals surface area contributed by atoms with Crippen LogP contribution in [-0.4, -0.2) is 31.1 Å². The van der Waals surface area contributed by atoms with Gasteiger partial charge in [-0.3, -0.25) is 10.1 Å². The Kier molecular flexibility index (Phi) is 6.84. The first-order chi connectivity index (χ1) is 14.1. The molecule has 1 aliphatic carbocycles. The molecule has 0 bridgehead atoms. The third kappa shape index (κ3) is 5.57. The highest BCUT2D eigenvalue weighted by molar-refractivity contribution is 5.97. The Morgan fingerprint density at radius 2 is 1.79 bits per heavy atom. The van der Waals surface area contributed by atoms with Crippen LogP contribution in [0.15, 0.2) is 48.5 Å². The van der Waals surface area contributed by atoms with Crippen molar-refractivity contribution in [3.8, 4) is 5.75 Å². The van der Waals surface area contributed by atoms with E-state index in [0.717, 1.165) is 19.3 Å². The highest BCUT2D eigenvalue weighted by atomic mass is 16.6. The maximum absolute atomic E-state index is 12.5. The predicted octanol–water partition coefficient (Wildman–Crippen LogP) is 2.68. The summed E-state index contributed by atoms with van der Waals surface area (Å²) in [5.74, 6) is -0.843. The number of benzene rings is 2. The number of rotatable bonds is 7. The Balaban J connectivity index is 1.63. The number of aryl methyl sites for hydroxylation is 2. The summed E-state index contributed by atoms with van der Waals surface area (Å²) >= 11 is 0. The summed E-state index contributed by atoms with van der Waals surface area (Å²) in [6.07, 6.45) is 1.94. The standard InChI is InChI=1S/C22H24N2O5/c1-2-23-22(27)24-21(26)20(16-7-4-3-5-8-16)29-19(25)14-28-18-12-11-15-9-6-10-17(15)13-18/h3-5,7-8,11-13,20H,2,6,9-10,14H2,1H3,(H2,23,24,26,27)/t20-/m0/s1. The van der Waals surface area contributed by atoms with E-state index in [1.54, 1.807) is 37.3 Å². The molecular formula is C22H24N2O5. The van der Waals surface area contributed by atoms with Gasteiger partial charge in [-0.25, -0.2) is 9.59 Å². The SMILES string of the molecule is CCNC(=O)NC(=O)[C@@H](OC(=O)COc1ccc2c(c1)CCC2)c1ccccc1. The molecule has 7 nitrogen and oxygen atoms in total. The lowest BCUT2D eigenvalue weighted by Crippen LogP contribution is -2.42. The van der Waals surface area contributed by atoms with Crippen molar-refractivity contribution in [3.05, 3.63) is 65.2 Å². The Labute approximate surface area is 169 Å². The van der Waals surface area contributed by atoms with Crippen molar-refractivity contribution < 1.29 is 23.9 Å². The number of ether oxygens (including phenoxy) is 2. The first-order valence-corrected chi connectivity index (χ1v) is 9.64. The van der Waals surface area contributed by atoms with Gasteiger partial charge in [-0.2, -0.15) is 0 Å². The van der Waals surface area contributed by atoms with Gasteiger partial charge in [0.15, 0.2) is 6.61 Å². The van der Waals surface area contributed by atoms with E-state index in [2.05, 4.69) is 10.6 Å². The molecule has 0 aliphatic heterocycles. The number of imide groups is 1. The molecule has 0 unspecified atom stereocenters. The van der Waals surface area contributed by atoms with E-state index in [0.29, 0.717) is 17.9 Å². The molecule has 2 aromatic carbocycles. The molecule has 1 atom stereocenters. The second-order valence-electron chi connectivity index (χ2n) is 6.70. The van der Waals surface area contributed by atoms with Crippen LogP contribution in [0.4, 0.5) is 4.79 Å². The Bertz CT molecular complexity index is 882. The van der Waals surface area contributed by atoms with Crippen LogP contribution in [0.5, 0.6) is 5.75 Å². The molecule has 7 heteroatoms. The van der Waals surface area contributed by atoms with Crippen LogP contribution < -0.4 is 15.4 Å². The molecule has 3 rings (SSSR count). The lowest BCUT2D eigenvalue weighted by molar-refractivity contribution is -0.158. The summed E-state index contributed by atoms with van der Waals surface area (Å²) in [5.41, 5.74) is 3.01. The summed E-state index contributed by atoms with van der Waals surface area (Å²) in [6, 6.07) is 13.6. The largest absolute Gasteiger partial charge is 0.482 e. The summed E-state index contributed by atoms with van der Waals surface area (Å²) in [5, 5.41) is 4.65. The summed E-state index contributed by atoms with van der Waals surface area (Å²) in [6.45, 7) is 1.76. The van der Waals surface area contributed by atoms with E-state index >= 15 is 0 Å². The molecule has 0 radical (unpaired) electrons. The number of fused-ring (bicyclic) bond motifs is 1. The molecular weight excluding hydrogens is 372 g/mol. The van der Waals surface area contributed by atoms with Gasteiger partial charge in [0.1, 0.15) is 5.75 Å².